The van der Waals surface area contributed by atoms with E-state index in [9.17, 15) is 0 Å². The average molecular weight is 357 g/mol. The predicted molar refractivity (Wildman–Crippen MR) is 119 cm³/mol. The van der Waals surface area contributed by atoms with E-state index < -0.39 is 0 Å². The Balaban J connectivity index is 2.33. The monoisotopic (exact) mass is 356 g/mol. The molecule has 0 radical (unpaired) electrons. The van der Waals surface area contributed by atoms with Crippen molar-refractivity contribution in [2.75, 3.05) is 0 Å². The quantitative estimate of drug-likeness (QED) is 0.385. The van der Waals surface area contributed by atoms with E-state index in [4.69, 9.17) is 0 Å². The second-order valence-corrected chi connectivity index (χ2v) is 7.36. The van der Waals surface area contributed by atoms with Crippen LogP contribution in [-0.2, 0) is 19.3 Å². The Morgan fingerprint density at radius 2 is 1.15 bits per heavy atom. The van der Waals surface area contributed by atoms with Crippen LogP contribution in [0.15, 0.2) is 66.7 Å². The van der Waals surface area contributed by atoms with Crippen LogP contribution in [0, 0.1) is 0 Å². The molecule has 0 heteroatoms. The van der Waals surface area contributed by atoms with Gasteiger partial charge in [-0.1, -0.05) is 100 Å². The maximum absolute atomic E-state index is 2.50. The highest BCUT2D eigenvalue weighted by Crippen LogP contribution is 2.39. The Bertz CT molecular complexity index is 844. The van der Waals surface area contributed by atoms with Crippen LogP contribution in [0.1, 0.15) is 56.7 Å². The summed E-state index contributed by atoms with van der Waals surface area (Å²) in [6, 6.07) is 24.5. The highest BCUT2D eigenvalue weighted by Gasteiger charge is 2.19. The first-order chi connectivity index (χ1) is 13.3. The molecule has 0 saturated heterocycles. The highest BCUT2D eigenvalue weighted by atomic mass is 14.2. The lowest BCUT2D eigenvalue weighted by molar-refractivity contribution is 0.792. The molecular weight excluding hydrogens is 324 g/mol. The van der Waals surface area contributed by atoms with Crippen LogP contribution in [0.5, 0.6) is 0 Å². The minimum atomic E-state index is 1.08. The number of rotatable bonds is 8. The van der Waals surface area contributed by atoms with Gasteiger partial charge in [0.15, 0.2) is 0 Å². The van der Waals surface area contributed by atoms with Gasteiger partial charge in [-0.25, -0.2) is 0 Å². The third-order valence-corrected chi connectivity index (χ3v) is 5.40. The summed E-state index contributed by atoms with van der Waals surface area (Å²) in [6.07, 6.45) is 7.02. The SMILES string of the molecule is CCCCc1cc(CC)c(-c2ccccc2)c(CCC)c1-c1ccccc1. The Morgan fingerprint density at radius 3 is 1.63 bits per heavy atom. The van der Waals surface area contributed by atoms with E-state index in [-0.39, 0.29) is 0 Å². The molecule has 0 aliphatic carbocycles. The Morgan fingerprint density at radius 1 is 0.593 bits per heavy atom. The second kappa shape index (κ2) is 9.55. The molecule has 0 nitrogen and oxygen atoms in total. The molecule has 0 N–H and O–H groups in total. The smallest absolute Gasteiger partial charge is 0.0113 e. The fourth-order valence-electron chi connectivity index (χ4n) is 4.14. The number of unbranched alkanes of at least 4 members (excludes halogenated alkanes) is 1. The van der Waals surface area contributed by atoms with Gasteiger partial charge in [0.2, 0.25) is 0 Å². The van der Waals surface area contributed by atoms with Crippen LogP contribution in [0.3, 0.4) is 0 Å². The molecule has 0 aromatic heterocycles. The van der Waals surface area contributed by atoms with E-state index in [1.807, 2.05) is 0 Å². The van der Waals surface area contributed by atoms with Crippen molar-refractivity contribution in [1.82, 2.24) is 0 Å². The molecule has 3 rings (SSSR count). The van der Waals surface area contributed by atoms with E-state index in [0.717, 1.165) is 12.8 Å². The summed E-state index contributed by atoms with van der Waals surface area (Å²) in [5, 5.41) is 0. The van der Waals surface area contributed by atoms with Crippen molar-refractivity contribution in [3.8, 4) is 22.3 Å². The van der Waals surface area contributed by atoms with Gasteiger partial charge >= 0.3 is 0 Å². The number of benzene rings is 3. The predicted octanol–water partition coefficient (Wildman–Crippen LogP) is 7.88. The molecule has 0 fully saturated rings. The van der Waals surface area contributed by atoms with Gasteiger partial charge in [-0.15, -0.1) is 0 Å². The summed E-state index contributed by atoms with van der Waals surface area (Å²) in [4.78, 5) is 0. The maximum atomic E-state index is 2.50. The standard InChI is InChI=1S/C27H32/c1-4-7-15-24-20-21(6-3)26(22-16-10-8-11-17-22)25(14-5-2)27(24)23-18-12-9-13-19-23/h8-13,16-20H,4-7,14-15H2,1-3H3. The van der Waals surface area contributed by atoms with Gasteiger partial charge in [-0.3, -0.25) is 0 Å². The first kappa shape index (κ1) is 19.4. The molecule has 140 valence electrons. The van der Waals surface area contributed by atoms with Crippen LogP contribution in [0.4, 0.5) is 0 Å². The van der Waals surface area contributed by atoms with Gasteiger partial charge in [0.1, 0.15) is 0 Å². The summed E-state index contributed by atoms with van der Waals surface area (Å²) in [7, 11) is 0. The largest absolute Gasteiger partial charge is 0.0654 e. The van der Waals surface area contributed by atoms with E-state index in [2.05, 4.69) is 87.5 Å². The van der Waals surface area contributed by atoms with Gasteiger partial charge in [0.05, 0.1) is 0 Å². The zero-order chi connectivity index (χ0) is 19.1. The van der Waals surface area contributed by atoms with E-state index in [1.54, 1.807) is 5.56 Å². The average Bonchev–Trinajstić information content (AvgIpc) is 2.73. The van der Waals surface area contributed by atoms with Crippen LogP contribution in [0.25, 0.3) is 22.3 Å². The molecule has 0 spiro atoms. The Kier molecular flexibility index (Phi) is 6.87. The normalized spacial score (nSPS) is 10.9. The lowest BCUT2D eigenvalue weighted by Gasteiger charge is -2.23. The summed E-state index contributed by atoms with van der Waals surface area (Å²) in [5.74, 6) is 0. The molecule has 3 aromatic carbocycles. The first-order valence-electron chi connectivity index (χ1n) is 10.6. The van der Waals surface area contributed by atoms with Crippen LogP contribution in [0.2, 0.25) is 0 Å². The van der Waals surface area contributed by atoms with Crippen molar-refractivity contribution >= 4 is 0 Å². The molecule has 0 saturated carbocycles. The fourth-order valence-corrected chi connectivity index (χ4v) is 4.14. The van der Waals surface area contributed by atoms with E-state index in [0.29, 0.717) is 0 Å². The van der Waals surface area contributed by atoms with Gasteiger partial charge in [-0.05, 0) is 64.6 Å². The summed E-state index contributed by atoms with van der Waals surface area (Å²) in [5.41, 5.74) is 10.3. The Hall–Kier alpha value is -2.34. The minimum Gasteiger partial charge on any atom is -0.0654 e. The molecule has 0 bridgehead atoms. The molecular formula is C27H32. The van der Waals surface area contributed by atoms with Gasteiger partial charge in [0, 0.05) is 0 Å². The number of hydrogen-bond acceptors (Lipinski definition) is 0. The van der Waals surface area contributed by atoms with Crippen molar-refractivity contribution in [3.05, 3.63) is 83.4 Å². The van der Waals surface area contributed by atoms with Crippen molar-refractivity contribution in [1.29, 1.82) is 0 Å². The van der Waals surface area contributed by atoms with Crippen LogP contribution >= 0.6 is 0 Å². The van der Waals surface area contributed by atoms with Gasteiger partial charge in [0.25, 0.3) is 0 Å². The second-order valence-electron chi connectivity index (χ2n) is 7.36. The molecule has 0 aliphatic heterocycles. The Labute approximate surface area is 165 Å². The molecule has 0 atom stereocenters. The maximum Gasteiger partial charge on any atom is -0.0113 e. The number of aryl methyl sites for hydroxylation is 2. The molecule has 0 unspecified atom stereocenters. The first-order valence-corrected chi connectivity index (χ1v) is 10.6. The zero-order valence-electron chi connectivity index (χ0n) is 17.1. The fraction of sp³-hybridized carbons (Fsp3) is 0.333. The van der Waals surface area contributed by atoms with Gasteiger partial charge in [-0.2, -0.15) is 0 Å². The summed E-state index contributed by atoms with van der Waals surface area (Å²) in [6.45, 7) is 6.88. The minimum absolute atomic E-state index is 1.08. The van der Waals surface area contributed by atoms with Gasteiger partial charge < -0.3 is 0 Å². The van der Waals surface area contributed by atoms with Crippen molar-refractivity contribution in [2.24, 2.45) is 0 Å². The highest BCUT2D eigenvalue weighted by molar-refractivity contribution is 5.83. The van der Waals surface area contributed by atoms with E-state index in [1.165, 1.54) is 59.1 Å². The van der Waals surface area contributed by atoms with Crippen molar-refractivity contribution in [2.45, 2.75) is 59.3 Å². The lowest BCUT2D eigenvalue weighted by atomic mass is 9.81. The topological polar surface area (TPSA) is 0 Å². The number of hydrogen-bond donors (Lipinski definition) is 0. The summed E-state index contributed by atoms with van der Waals surface area (Å²) < 4.78 is 0. The van der Waals surface area contributed by atoms with Crippen molar-refractivity contribution in [3.63, 3.8) is 0 Å². The van der Waals surface area contributed by atoms with Crippen LogP contribution < -0.4 is 0 Å². The lowest BCUT2D eigenvalue weighted by Crippen LogP contribution is -2.04. The van der Waals surface area contributed by atoms with E-state index >= 15 is 0 Å². The third kappa shape index (κ3) is 4.33. The van der Waals surface area contributed by atoms with Crippen LogP contribution in [-0.4, -0.2) is 0 Å². The molecule has 3 aromatic rings. The third-order valence-electron chi connectivity index (χ3n) is 5.40. The molecule has 27 heavy (non-hydrogen) atoms. The zero-order valence-corrected chi connectivity index (χ0v) is 17.1. The summed E-state index contributed by atoms with van der Waals surface area (Å²) >= 11 is 0. The molecule has 0 aliphatic rings. The molecule has 0 heterocycles. The van der Waals surface area contributed by atoms with Crippen molar-refractivity contribution < 1.29 is 0 Å². The molecule has 0 amide bonds.